The first-order valence-corrected chi connectivity index (χ1v) is 25.6. The molecule has 0 bridgehead atoms. The van der Waals surface area contributed by atoms with E-state index < -0.39 is 25.1 Å². The Morgan fingerprint density at radius 3 is 2.15 bits per heavy atom. The van der Waals surface area contributed by atoms with E-state index >= 15 is 0 Å². The SMILES string of the molecule is CCC(C)(CC)c1ccnc(-c2[c-]cc3oc4cncc(-c5ccccc5)c4c3c2)c1.[2H]C([2H])(c1cc(-c2[c-]cccc2)nc[c]1[Ge]([CH3])([CH3])[CH3])C(C)(C)C.[Ir]. The van der Waals surface area contributed by atoms with E-state index in [1.54, 1.807) is 6.20 Å². The van der Waals surface area contributed by atoms with Gasteiger partial charge in [-0.2, -0.15) is 0 Å². The molecule has 0 unspecified atom stereocenters. The van der Waals surface area contributed by atoms with Gasteiger partial charge in [0.1, 0.15) is 5.58 Å². The average Bonchev–Trinajstić information content (AvgIpc) is 3.56. The summed E-state index contributed by atoms with van der Waals surface area (Å²) < 4.78 is 24.8. The van der Waals surface area contributed by atoms with Gasteiger partial charge in [0.2, 0.25) is 0 Å². The summed E-state index contributed by atoms with van der Waals surface area (Å²) in [6.07, 6.45) is 8.30. The third-order valence-electron chi connectivity index (χ3n) is 9.90. The average molecular weight is 941 g/mol. The molecule has 4 heterocycles. The Balaban J connectivity index is 0.000000217. The molecule has 7 rings (SSSR count). The van der Waals surface area contributed by atoms with Gasteiger partial charge in [0.05, 0.1) is 11.8 Å². The van der Waals surface area contributed by atoms with Gasteiger partial charge < -0.3 is 9.40 Å². The number of aromatic nitrogens is 3. The van der Waals surface area contributed by atoms with Crippen molar-refractivity contribution in [1.29, 1.82) is 0 Å². The Kier molecular flexibility index (Phi) is 11.7. The van der Waals surface area contributed by atoms with Crippen LogP contribution in [-0.2, 0) is 31.9 Å². The van der Waals surface area contributed by atoms with Crippen molar-refractivity contribution in [2.75, 3.05) is 0 Å². The van der Waals surface area contributed by atoms with E-state index in [0.29, 0.717) is 0 Å². The van der Waals surface area contributed by atoms with Gasteiger partial charge in [-0.05, 0) is 41.1 Å². The maximum atomic E-state index is 8.76. The summed E-state index contributed by atoms with van der Waals surface area (Å²) >= 11 is -2.24. The van der Waals surface area contributed by atoms with E-state index in [2.05, 4.69) is 95.5 Å². The van der Waals surface area contributed by atoms with Gasteiger partial charge in [-0.25, -0.2) is 0 Å². The molecule has 0 amide bonds. The molecule has 0 N–H and O–H groups in total. The van der Waals surface area contributed by atoms with Crippen LogP contribution >= 0.6 is 0 Å². The van der Waals surface area contributed by atoms with E-state index in [-0.39, 0.29) is 25.5 Å². The summed E-state index contributed by atoms with van der Waals surface area (Å²) in [5, 5.41) is 2.14. The molecule has 0 saturated heterocycles. The van der Waals surface area contributed by atoms with Crippen LogP contribution in [-0.4, -0.2) is 28.2 Å². The number of rotatable bonds is 8. The molecule has 1 radical (unpaired) electrons. The number of benzene rings is 3. The fourth-order valence-corrected chi connectivity index (χ4v) is 9.46. The molecule has 0 saturated carbocycles. The fraction of sp³-hybridized carbons (Fsp3) is 0.298. The molecule has 4 aromatic heterocycles. The molecule has 275 valence electrons. The Morgan fingerprint density at radius 2 is 1.49 bits per heavy atom. The van der Waals surface area contributed by atoms with Crippen LogP contribution in [0.15, 0.2) is 114 Å². The molecule has 4 nitrogen and oxygen atoms in total. The van der Waals surface area contributed by atoms with Gasteiger partial charge >= 0.3 is 135 Å². The van der Waals surface area contributed by atoms with Gasteiger partial charge in [-0.15, -0.1) is 23.8 Å². The number of hydrogen-bond donors (Lipinski definition) is 0. The molecule has 0 spiro atoms. The third kappa shape index (κ3) is 9.26. The molecule has 0 aliphatic heterocycles. The summed E-state index contributed by atoms with van der Waals surface area (Å²) in [4.78, 5) is 13.7. The van der Waals surface area contributed by atoms with Gasteiger partial charge in [0, 0.05) is 43.4 Å². The third-order valence-corrected chi connectivity index (χ3v) is 14.1. The topological polar surface area (TPSA) is 51.8 Å². The van der Waals surface area contributed by atoms with E-state index in [0.717, 1.165) is 78.4 Å². The molecule has 0 fully saturated rings. The van der Waals surface area contributed by atoms with Crippen molar-refractivity contribution in [1.82, 2.24) is 15.0 Å². The predicted molar refractivity (Wildman–Crippen MR) is 222 cm³/mol. The zero-order valence-corrected chi connectivity index (χ0v) is 36.9. The van der Waals surface area contributed by atoms with Gasteiger partial charge in [0.25, 0.3) is 0 Å². The van der Waals surface area contributed by atoms with E-state index in [4.69, 9.17) is 7.16 Å². The second-order valence-corrected chi connectivity index (χ2v) is 26.4. The summed E-state index contributed by atoms with van der Waals surface area (Å²) in [7, 11) is 0. The van der Waals surface area contributed by atoms with Crippen molar-refractivity contribution >= 4 is 39.6 Å². The Bertz CT molecular complexity index is 2380. The van der Waals surface area contributed by atoms with Crippen molar-refractivity contribution in [3.63, 3.8) is 0 Å². The van der Waals surface area contributed by atoms with E-state index in [9.17, 15) is 0 Å². The summed E-state index contributed by atoms with van der Waals surface area (Å²) in [6.45, 7) is 12.7. The second kappa shape index (κ2) is 16.6. The number of hydrogen-bond acceptors (Lipinski definition) is 4. The molecule has 0 aliphatic carbocycles. The maximum Gasteiger partial charge on any atom is 0 e. The number of fused-ring (bicyclic) bond motifs is 3. The second-order valence-electron chi connectivity index (χ2n) is 15.9. The standard InChI is InChI=1S/C28H25N2O.C19H26GeN.Ir/c1-4-28(3,5-2)21-13-14-30-24(16-21)20-11-12-25-22(15-20)27-23(17-29-18-26(27)31-25)19-9-7-6-8-10-19;1-19(2,3)13-16-12-18(15-10-8-7-9-11-15)21-14-17(16)20(4,5)6;/h6-10,12-18H,4-5H2,1-3H3;7-10,12,14H,13H2,1-6H3;/q2*-1;/i;13D2;. The van der Waals surface area contributed by atoms with Crippen LogP contribution in [0.3, 0.4) is 0 Å². The van der Waals surface area contributed by atoms with Crippen LogP contribution < -0.4 is 4.40 Å². The summed E-state index contributed by atoms with van der Waals surface area (Å²) in [5.41, 5.74) is 9.21. The molecule has 0 atom stereocenters. The Hall–Kier alpha value is -3.90. The van der Waals surface area contributed by atoms with Crippen LogP contribution in [0.2, 0.25) is 17.3 Å². The predicted octanol–water partition coefficient (Wildman–Crippen LogP) is 12.3. The zero-order chi connectivity index (χ0) is 38.9. The van der Waals surface area contributed by atoms with E-state index in [1.807, 2.05) is 94.0 Å². The van der Waals surface area contributed by atoms with Crippen molar-refractivity contribution in [3.8, 4) is 33.6 Å². The molecular weight excluding hydrogens is 887 g/mol. The van der Waals surface area contributed by atoms with Crippen LogP contribution in [0.1, 0.15) is 68.3 Å². The minimum atomic E-state index is -2.24. The van der Waals surface area contributed by atoms with Gasteiger partial charge in [-0.3, -0.25) is 4.98 Å². The Labute approximate surface area is 335 Å². The van der Waals surface area contributed by atoms with E-state index in [1.165, 1.54) is 5.56 Å². The zero-order valence-electron chi connectivity index (χ0n) is 34.4. The minimum Gasteiger partial charge on any atom is 0 e. The van der Waals surface area contributed by atoms with Crippen LogP contribution in [0.4, 0.5) is 0 Å². The molecule has 53 heavy (non-hydrogen) atoms. The number of nitrogens with zero attached hydrogens (tertiary/aromatic N) is 3. The largest absolute Gasteiger partial charge is 0 e. The van der Waals surface area contributed by atoms with Crippen LogP contribution in [0.5, 0.6) is 0 Å². The number of furan rings is 1. The van der Waals surface area contributed by atoms with Crippen molar-refractivity contribution in [2.24, 2.45) is 5.41 Å². The van der Waals surface area contributed by atoms with Crippen LogP contribution in [0.25, 0.3) is 55.6 Å². The van der Waals surface area contributed by atoms with Gasteiger partial charge in [-0.1, -0.05) is 62.6 Å². The smallest absolute Gasteiger partial charge is 0 e. The van der Waals surface area contributed by atoms with Crippen molar-refractivity contribution in [3.05, 3.63) is 133 Å². The van der Waals surface area contributed by atoms with Gasteiger partial charge in [0.15, 0.2) is 0 Å². The number of pyridine rings is 3. The normalized spacial score (nSPS) is 12.8. The first-order valence-electron chi connectivity index (χ1n) is 19.3. The monoisotopic (exact) mass is 942 g/mol. The summed E-state index contributed by atoms with van der Waals surface area (Å²) in [6, 6.07) is 35.0. The minimum absolute atomic E-state index is 0. The first kappa shape index (κ1) is 37.4. The first-order chi connectivity index (χ1) is 25.6. The maximum absolute atomic E-state index is 8.76. The molecule has 0 aliphatic rings. The van der Waals surface area contributed by atoms with Crippen molar-refractivity contribution in [2.45, 2.75) is 83.4 Å². The molecule has 3 aromatic carbocycles. The molecule has 6 heteroatoms. The molecular formula is C47H51GeIrN3O-2. The van der Waals surface area contributed by atoms with Crippen molar-refractivity contribution < 1.29 is 27.3 Å². The van der Waals surface area contributed by atoms with Crippen LogP contribution in [0, 0.1) is 17.5 Å². The fourth-order valence-electron chi connectivity index (χ4n) is 6.53. The molecule has 7 aromatic rings. The Morgan fingerprint density at radius 1 is 0.774 bits per heavy atom. The quantitative estimate of drug-likeness (QED) is 0.113. The summed E-state index contributed by atoms with van der Waals surface area (Å²) in [5.74, 6) is 6.86.